The van der Waals surface area contributed by atoms with E-state index in [1.807, 2.05) is 0 Å². The van der Waals surface area contributed by atoms with Gasteiger partial charge in [0.25, 0.3) is 5.91 Å². The maximum absolute atomic E-state index is 12.7. The number of hydrogen-bond donors (Lipinski definition) is 2. The van der Waals surface area contributed by atoms with Crippen LogP contribution in [0.3, 0.4) is 0 Å². The smallest absolute Gasteiger partial charge is 0.328 e. The standard InChI is InChI=1S/C16H19ClN2O5/c1-9(2)14(20)18-10-3-4-12(17)11(7-10)15(21)19-5-6-24-8-13(19)16(22)23/h3-4,7,9,13H,5-6,8H2,1-2H3,(H,18,20)(H,22,23). The topological polar surface area (TPSA) is 95.9 Å². The van der Waals surface area contributed by atoms with Gasteiger partial charge in [-0.3, -0.25) is 9.59 Å². The number of halogens is 1. The second-order valence-corrected chi connectivity index (χ2v) is 6.17. The summed E-state index contributed by atoms with van der Waals surface area (Å²) >= 11 is 6.10. The van der Waals surface area contributed by atoms with Gasteiger partial charge in [-0.15, -0.1) is 0 Å². The second-order valence-electron chi connectivity index (χ2n) is 5.77. The molecule has 1 atom stereocenters. The Morgan fingerprint density at radius 3 is 2.71 bits per heavy atom. The number of aliphatic carboxylic acids is 1. The van der Waals surface area contributed by atoms with Crippen LogP contribution in [0, 0.1) is 5.92 Å². The summed E-state index contributed by atoms with van der Waals surface area (Å²) < 4.78 is 5.13. The third-order valence-corrected chi connectivity index (χ3v) is 3.99. The maximum atomic E-state index is 12.7. The number of carboxylic acid groups (broad SMARTS) is 1. The summed E-state index contributed by atoms with van der Waals surface area (Å²) in [6, 6.07) is 3.49. The second kappa shape index (κ2) is 7.63. The van der Waals surface area contributed by atoms with E-state index in [0.29, 0.717) is 5.69 Å². The molecule has 0 bridgehead atoms. The summed E-state index contributed by atoms with van der Waals surface area (Å²) in [6.07, 6.45) is 0. The van der Waals surface area contributed by atoms with Gasteiger partial charge in [0.2, 0.25) is 5.91 Å². The number of ether oxygens (including phenoxy) is 1. The molecule has 0 aromatic heterocycles. The summed E-state index contributed by atoms with van der Waals surface area (Å²) in [6.45, 7) is 3.86. The van der Waals surface area contributed by atoms with E-state index in [4.69, 9.17) is 16.3 Å². The molecular weight excluding hydrogens is 336 g/mol. The fourth-order valence-corrected chi connectivity index (χ4v) is 2.46. The molecule has 1 unspecified atom stereocenters. The van der Waals surface area contributed by atoms with Crippen molar-refractivity contribution in [1.82, 2.24) is 4.90 Å². The van der Waals surface area contributed by atoms with E-state index in [2.05, 4.69) is 5.32 Å². The molecule has 1 fully saturated rings. The molecule has 1 saturated heterocycles. The van der Waals surface area contributed by atoms with Crippen molar-refractivity contribution in [2.24, 2.45) is 5.92 Å². The van der Waals surface area contributed by atoms with Crippen molar-refractivity contribution in [2.45, 2.75) is 19.9 Å². The number of rotatable bonds is 4. The van der Waals surface area contributed by atoms with Crippen LogP contribution >= 0.6 is 11.6 Å². The number of morpholine rings is 1. The van der Waals surface area contributed by atoms with Gasteiger partial charge in [0, 0.05) is 18.2 Å². The van der Waals surface area contributed by atoms with Gasteiger partial charge < -0.3 is 20.1 Å². The lowest BCUT2D eigenvalue weighted by molar-refractivity contribution is -0.147. The summed E-state index contributed by atoms with van der Waals surface area (Å²) in [7, 11) is 0. The quantitative estimate of drug-likeness (QED) is 0.860. The molecule has 1 aromatic carbocycles. The van der Waals surface area contributed by atoms with E-state index >= 15 is 0 Å². The van der Waals surface area contributed by atoms with Crippen LogP contribution in [0.5, 0.6) is 0 Å². The molecule has 1 aromatic rings. The van der Waals surface area contributed by atoms with Gasteiger partial charge in [-0.2, -0.15) is 0 Å². The molecule has 0 radical (unpaired) electrons. The van der Waals surface area contributed by atoms with Crippen LogP contribution in [-0.2, 0) is 14.3 Å². The summed E-state index contributed by atoms with van der Waals surface area (Å²) in [5.74, 6) is -2.04. The number of anilines is 1. The van der Waals surface area contributed by atoms with Crippen molar-refractivity contribution < 1.29 is 24.2 Å². The largest absolute Gasteiger partial charge is 0.480 e. The van der Waals surface area contributed by atoms with Gasteiger partial charge in [0.1, 0.15) is 0 Å². The van der Waals surface area contributed by atoms with Gasteiger partial charge >= 0.3 is 5.97 Å². The van der Waals surface area contributed by atoms with E-state index in [1.165, 1.54) is 17.0 Å². The lowest BCUT2D eigenvalue weighted by Gasteiger charge is -2.33. The zero-order valence-electron chi connectivity index (χ0n) is 13.4. The van der Waals surface area contributed by atoms with E-state index in [-0.39, 0.29) is 42.2 Å². The first kappa shape index (κ1) is 18.2. The van der Waals surface area contributed by atoms with Crippen molar-refractivity contribution in [3.8, 4) is 0 Å². The first-order valence-corrected chi connectivity index (χ1v) is 7.91. The van der Waals surface area contributed by atoms with E-state index < -0.39 is 17.9 Å². The molecule has 2 amide bonds. The van der Waals surface area contributed by atoms with E-state index in [0.717, 1.165) is 0 Å². The number of hydrogen-bond acceptors (Lipinski definition) is 4. The van der Waals surface area contributed by atoms with Crippen molar-refractivity contribution in [1.29, 1.82) is 0 Å². The van der Waals surface area contributed by atoms with Gasteiger partial charge in [-0.05, 0) is 18.2 Å². The predicted molar refractivity (Wildman–Crippen MR) is 88.2 cm³/mol. The Morgan fingerprint density at radius 1 is 1.38 bits per heavy atom. The first-order chi connectivity index (χ1) is 11.3. The molecule has 1 aliphatic heterocycles. The van der Waals surface area contributed by atoms with Crippen LogP contribution in [0.4, 0.5) is 5.69 Å². The number of carbonyl (C=O) groups is 3. The fourth-order valence-electron chi connectivity index (χ4n) is 2.26. The third kappa shape index (κ3) is 4.04. The van der Waals surface area contributed by atoms with Crippen LogP contribution in [0.15, 0.2) is 18.2 Å². The molecule has 0 aliphatic carbocycles. The van der Waals surface area contributed by atoms with Crippen LogP contribution in [0.2, 0.25) is 5.02 Å². The molecule has 130 valence electrons. The van der Waals surface area contributed by atoms with Gasteiger partial charge in [-0.25, -0.2) is 4.79 Å². The van der Waals surface area contributed by atoms with Gasteiger partial charge in [0.15, 0.2) is 6.04 Å². The van der Waals surface area contributed by atoms with Crippen LogP contribution in [-0.4, -0.2) is 53.6 Å². The first-order valence-electron chi connectivity index (χ1n) is 7.53. The van der Waals surface area contributed by atoms with Crippen LogP contribution in [0.1, 0.15) is 24.2 Å². The van der Waals surface area contributed by atoms with Crippen molar-refractivity contribution in [3.63, 3.8) is 0 Å². The highest BCUT2D eigenvalue weighted by Crippen LogP contribution is 2.24. The van der Waals surface area contributed by atoms with Crippen molar-refractivity contribution in [2.75, 3.05) is 25.1 Å². The molecule has 8 heteroatoms. The molecule has 0 saturated carbocycles. The maximum Gasteiger partial charge on any atom is 0.328 e. The lowest BCUT2D eigenvalue weighted by atomic mass is 10.1. The van der Waals surface area contributed by atoms with Gasteiger partial charge in [-0.1, -0.05) is 25.4 Å². The lowest BCUT2D eigenvalue weighted by Crippen LogP contribution is -2.52. The fraction of sp³-hybridized carbons (Fsp3) is 0.438. The Hall–Kier alpha value is -2.12. The number of benzene rings is 1. The minimum absolute atomic E-state index is 0.0670. The average Bonchev–Trinajstić information content (AvgIpc) is 2.55. The molecule has 2 rings (SSSR count). The highest BCUT2D eigenvalue weighted by Gasteiger charge is 2.34. The summed E-state index contributed by atoms with van der Waals surface area (Å²) in [5, 5.41) is 12.1. The molecule has 2 N–H and O–H groups in total. The Kier molecular flexibility index (Phi) is 5.80. The normalized spacial score (nSPS) is 17.7. The molecule has 7 nitrogen and oxygen atoms in total. The van der Waals surface area contributed by atoms with Crippen molar-refractivity contribution in [3.05, 3.63) is 28.8 Å². The molecule has 1 aliphatic rings. The Morgan fingerprint density at radius 2 is 2.08 bits per heavy atom. The van der Waals surface area contributed by atoms with Crippen molar-refractivity contribution >= 4 is 35.1 Å². The highest BCUT2D eigenvalue weighted by atomic mass is 35.5. The van der Waals surface area contributed by atoms with E-state index in [9.17, 15) is 19.5 Å². The number of nitrogens with zero attached hydrogens (tertiary/aromatic N) is 1. The van der Waals surface area contributed by atoms with Crippen LogP contribution < -0.4 is 5.32 Å². The minimum Gasteiger partial charge on any atom is -0.480 e. The summed E-state index contributed by atoms with van der Waals surface area (Å²) in [4.78, 5) is 37.0. The summed E-state index contributed by atoms with van der Waals surface area (Å²) in [5.41, 5.74) is 0.577. The zero-order chi connectivity index (χ0) is 17.9. The number of amides is 2. The number of nitrogens with one attached hydrogen (secondary N) is 1. The Labute approximate surface area is 144 Å². The molecule has 24 heavy (non-hydrogen) atoms. The molecule has 0 spiro atoms. The zero-order valence-corrected chi connectivity index (χ0v) is 14.2. The Balaban J connectivity index is 2.27. The minimum atomic E-state index is -1.14. The third-order valence-electron chi connectivity index (χ3n) is 3.66. The molecular formula is C16H19ClN2O5. The SMILES string of the molecule is CC(C)C(=O)Nc1ccc(Cl)c(C(=O)N2CCOCC2C(=O)O)c1. The highest BCUT2D eigenvalue weighted by molar-refractivity contribution is 6.34. The molecule has 1 heterocycles. The van der Waals surface area contributed by atoms with Crippen LogP contribution in [0.25, 0.3) is 0 Å². The predicted octanol–water partition coefficient (Wildman–Crippen LogP) is 1.86. The average molecular weight is 355 g/mol. The number of carbonyl (C=O) groups excluding carboxylic acids is 2. The monoisotopic (exact) mass is 354 g/mol. The van der Waals surface area contributed by atoms with Gasteiger partial charge in [0.05, 0.1) is 23.8 Å². The Bertz CT molecular complexity index is 662. The number of carboxylic acids is 1. The van der Waals surface area contributed by atoms with E-state index in [1.54, 1.807) is 19.9 Å².